The SMILES string of the molecule is CCC1(CC)c2ccccc2-c2ccc(-c3cc(C)ccc3O)cc21. The monoisotopic (exact) mass is 328 g/mol. The second-order valence-corrected chi connectivity index (χ2v) is 7.12. The fourth-order valence-corrected chi connectivity index (χ4v) is 4.52. The molecule has 0 unspecified atom stereocenters. The van der Waals surface area contributed by atoms with Gasteiger partial charge in [-0.1, -0.05) is 61.9 Å². The lowest BCUT2D eigenvalue weighted by atomic mass is 9.73. The fraction of sp³-hybridized carbons (Fsp3) is 0.250. The van der Waals surface area contributed by atoms with Crippen LogP contribution in [0.5, 0.6) is 5.75 Å². The Labute approximate surface area is 150 Å². The zero-order valence-corrected chi connectivity index (χ0v) is 15.1. The highest BCUT2D eigenvalue weighted by molar-refractivity contribution is 5.84. The van der Waals surface area contributed by atoms with E-state index in [1.807, 2.05) is 6.07 Å². The lowest BCUT2D eigenvalue weighted by Crippen LogP contribution is -2.23. The number of phenolic OH excluding ortho intramolecular Hbond substituents is 1. The van der Waals surface area contributed by atoms with Crippen molar-refractivity contribution < 1.29 is 5.11 Å². The first kappa shape index (κ1) is 16.0. The summed E-state index contributed by atoms with van der Waals surface area (Å²) in [5, 5.41) is 10.4. The van der Waals surface area contributed by atoms with Gasteiger partial charge in [0.15, 0.2) is 0 Å². The van der Waals surface area contributed by atoms with E-state index in [0.29, 0.717) is 5.75 Å². The van der Waals surface area contributed by atoms with E-state index in [9.17, 15) is 5.11 Å². The van der Waals surface area contributed by atoms with Gasteiger partial charge < -0.3 is 5.11 Å². The van der Waals surface area contributed by atoms with Crippen LogP contribution < -0.4 is 0 Å². The smallest absolute Gasteiger partial charge is 0.123 e. The van der Waals surface area contributed by atoms with Crippen LogP contribution in [0.4, 0.5) is 0 Å². The third-order valence-corrected chi connectivity index (χ3v) is 5.94. The largest absolute Gasteiger partial charge is 0.507 e. The molecule has 3 aromatic rings. The van der Waals surface area contributed by atoms with Crippen molar-refractivity contribution in [3.05, 3.63) is 77.4 Å². The van der Waals surface area contributed by atoms with E-state index in [4.69, 9.17) is 0 Å². The van der Waals surface area contributed by atoms with Crippen LogP contribution in [-0.2, 0) is 5.41 Å². The minimum atomic E-state index is 0.0708. The maximum absolute atomic E-state index is 10.4. The van der Waals surface area contributed by atoms with Gasteiger partial charge in [-0.2, -0.15) is 0 Å². The highest BCUT2D eigenvalue weighted by Gasteiger charge is 2.40. The third kappa shape index (κ3) is 2.22. The highest BCUT2D eigenvalue weighted by Crippen LogP contribution is 2.53. The van der Waals surface area contributed by atoms with Crippen LogP contribution >= 0.6 is 0 Å². The summed E-state index contributed by atoms with van der Waals surface area (Å²) < 4.78 is 0. The zero-order valence-electron chi connectivity index (χ0n) is 15.1. The van der Waals surface area contributed by atoms with Crippen LogP contribution in [0.25, 0.3) is 22.3 Å². The van der Waals surface area contributed by atoms with Gasteiger partial charge in [0.1, 0.15) is 5.75 Å². The lowest BCUT2D eigenvalue weighted by Gasteiger charge is -2.30. The van der Waals surface area contributed by atoms with Gasteiger partial charge in [0.05, 0.1) is 0 Å². The van der Waals surface area contributed by atoms with Gasteiger partial charge in [-0.05, 0) is 65.8 Å². The van der Waals surface area contributed by atoms with Crippen molar-refractivity contribution in [3.8, 4) is 28.0 Å². The van der Waals surface area contributed by atoms with E-state index in [1.54, 1.807) is 6.07 Å². The van der Waals surface area contributed by atoms with Crippen LogP contribution in [0.1, 0.15) is 43.4 Å². The normalized spacial score (nSPS) is 14.2. The average molecular weight is 328 g/mol. The molecular weight excluding hydrogens is 304 g/mol. The van der Waals surface area contributed by atoms with E-state index in [1.165, 1.54) is 22.3 Å². The molecule has 1 aliphatic carbocycles. The van der Waals surface area contributed by atoms with Gasteiger partial charge in [0.25, 0.3) is 0 Å². The molecule has 0 heterocycles. The van der Waals surface area contributed by atoms with Crippen LogP contribution in [0, 0.1) is 6.92 Å². The molecule has 0 saturated carbocycles. The van der Waals surface area contributed by atoms with Gasteiger partial charge in [-0.15, -0.1) is 0 Å². The minimum absolute atomic E-state index is 0.0708. The summed E-state index contributed by atoms with van der Waals surface area (Å²) in [5.41, 5.74) is 8.79. The molecule has 0 aliphatic heterocycles. The molecule has 0 bridgehead atoms. The van der Waals surface area contributed by atoms with Crippen molar-refractivity contribution in [3.63, 3.8) is 0 Å². The Hall–Kier alpha value is -2.54. The molecule has 1 nitrogen and oxygen atoms in total. The summed E-state index contributed by atoms with van der Waals surface area (Å²) in [5.74, 6) is 0.347. The van der Waals surface area contributed by atoms with E-state index in [0.717, 1.165) is 29.5 Å². The molecule has 0 saturated heterocycles. The number of aryl methyl sites for hydroxylation is 1. The molecule has 0 fully saturated rings. The third-order valence-electron chi connectivity index (χ3n) is 5.94. The Bertz CT molecular complexity index is 948. The number of fused-ring (bicyclic) bond motifs is 3. The molecule has 1 aliphatic rings. The molecule has 0 spiro atoms. The number of rotatable bonds is 3. The van der Waals surface area contributed by atoms with Gasteiger partial charge >= 0.3 is 0 Å². The van der Waals surface area contributed by atoms with Crippen molar-refractivity contribution in [2.45, 2.75) is 39.0 Å². The first-order valence-electron chi connectivity index (χ1n) is 9.15. The predicted molar refractivity (Wildman–Crippen MR) is 105 cm³/mol. The molecule has 0 amide bonds. The zero-order chi connectivity index (χ0) is 17.6. The molecule has 0 radical (unpaired) electrons. The van der Waals surface area contributed by atoms with Gasteiger partial charge in [-0.3, -0.25) is 0 Å². The molecule has 0 aromatic heterocycles. The van der Waals surface area contributed by atoms with E-state index >= 15 is 0 Å². The second-order valence-electron chi connectivity index (χ2n) is 7.12. The molecule has 126 valence electrons. The molecule has 25 heavy (non-hydrogen) atoms. The summed E-state index contributed by atoms with van der Waals surface area (Å²) in [6, 6.07) is 21.3. The van der Waals surface area contributed by atoms with Crippen LogP contribution in [0.2, 0.25) is 0 Å². The molecule has 4 rings (SSSR count). The predicted octanol–water partition coefficient (Wildman–Crippen LogP) is 6.45. The number of phenols is 1. The first-order chi connectivity index (χ1) is 12.1. The number of aromatic hydroxyl groups is 1. The van der Waals surface area contributed by atoms with Crippen molar-refractivity contribution >= 4 is 0 Å². The topological polar surface area (TPSA) is 20.2 Å². The van der Waals surface area contributed by atoms with Gasteiger partial charge in [0.2, 0.25) is 0 Å². The fourth-order valence-electron chi connectivity index (χ4n) is 4.52. The minimum Gasteiger partial charge on any atom is -0.507 e. The quantitative estimate of drug-likeness (QED) is 0.585. The summed E-state index contributed by atoms with van der Waals surface area (Å²) in [6.45, 7) is 6.63. The van der Waals surface area contributed by atoms with E-state index in [2.05, 4.69) is 69.3 Å². The molecular formula is C24H24O. The van der Waals surface area contributed by atoms with Crippen LogP contribution in [0.3, 0.4) is 0 Å². The van der Waals surface area contributed by atoms with Crippen molar-refractivity contribution in [2.24, 2.45) is 0 Å². The van der Waals surface area contributed by atoms with Crippen molar-refractivity contribution in [2.75, 3.05) is 0 Å². The standard InChI is InChI=1S/C24H24O/c1-4-24(5-2)21-9-7-6-8-18(21)19-12-11-17(15-22(19)24)20-14-16(3)10-13-23(20)25/h6-15,25H,4-5H2,1-3H3. The maximum Gasteiger partial charge on any atom is 0.123 e. The Morgan fingerprint density at radius 3 is 2.24 bits per heavy atom. The second kappa shape index (κ2) is 5.77. The van der Waals surface area contributed by atoms with Gasteiger partial charge in [0, 0.05) is 11.0 Å². The molecule has 1 heteroatoms. The van der Waals surface area contributed by atoms with Crippen LogP contribution in [0.15, 0.2) is 60.7 Å². The Morgan fingerprint density at radius 2 is 1.48 bits per heavy atom. The van der Waals surface area contributed by atoms with Crippen molar-refractivity contribution in [1.29, 1.82) is 0 Å². The Morgan fingerprint density at radius 1 is 0.760 bits per heavy atom. The summed E-state index contributed by atoms with van der Waals surface area (Å²) >= 11 is 0. The molecule has 0 atom stereocenters. The lowest BCUT2D eigenvalue weighted by molar-refractivity contribution is 0.477. The number of hydrogen-bond acceptors (Lipinski definition) is 1. The number of hydrogen-bond donors (Lipinski definition) is 1. The Balaban J connectivity index is 1.97. The van der Waals surface area contributed by atoms with Crippen molar-refractivity contribution in [1.82, 2.24) is 0 Å². The van der Waals surface area contributed by atoms with Crippen LogP contribution in [-0.4, -0.2) is 5.11 Å². The van der Waals surface area contributed by atoms with Gasteiger partial charge in [-0.25, -0.2) is 0 Å². The number of benzene rings is 3. The van der Waals surface area contributed by atoms with E-state index < -0.39 is 0 Å². The first-order valence-corrected chi connectivity index (χ1v) is 9.15. The van der Waals surface area contributed by atoms with E-state index in [-0.39, 0.29) is 5.41 Å². The average Bonchev–Trinajstić information content (AvgIpc) is 2.93. The highest BCUT2D eigenvalue weighted by atomic mass is 16.3. The Kier molecular flexibility index (Phi) is 3.68. The molecule has 1 N–H and O–H groups in total. The summed E-state index contributed by atoms with van der Waals surface area (Å²) in [7, 11) is 0. The maximum atomic E-state index is 10.4. The molecule has 3 aromatic carbocycles. The summed E-state index contributed by atoms with van der Waals surface area (Å²) in [4.78, 5) is 0. The summed E-state index contributed by atoms with van der Waals surface area (Å²) in [6.07, 6.45) is 2.16.